The summed E-state index contributed by atoms with van der Waals surface area (Å²) in [5, 5.41) is 9.95. The molecule has 0 bridgehead atoms. The number of carbonyl (C=O) groups is 1. The Morgan fingerprint density at radius 1 is 0.842 bits per heavy atom. The molecule has 0 unspecified atom stereocenters. The van der Waals surface area contributed by atoms with Crippen LogP contribution in [0.25, 0.3) is 22.5 Å². The Bertz CT molecular complexity index is 1100. The molecular weight excluding hydrogens is 496 g/mol. The fourth-order valence-corrected chi connectivity index (χ4v) is 5.86. The van der Waals surface area contributed by atoms with Crippen molar-refractivity contribution in [3.8, 4) is 22.5 Å². The predicted molar refractivity (Wildman–Crippen MR) is 153 cm³/mol. The van der Waals surface area contributed by atoms with Crippen molar-refractivity contribution in [3.63, 3.8) is 0 Å². The Balaban J connectivity index is 1.45. The Kier molecular flexibility index (Phi) is 11.7. The van der Waals surface area contributed by atoms with Crippen LogP contribution in [0, 0.1) is 0 Å². The van der Waals surface area contributed by atoms with Gasteiger partial charge in [-0.25, -0.2) is 4.98 Å². The Hall–Kier alpha value is -2.61. The van der Waals surface area contributed by atoms with Gasteiger partial charge in [0.05, 0.1) is 24.6 Å². The average molecular weight is 537 g/mol. The number of hydrogen-bond acceptors (Lipinski definition) is 5. The first-order valence-electron chi connectivity index (χ1n) is 14.0. The fraction of sp³-hybridized carbons (Fsp3) is 0.484. The smallest absolute Gasteiger partial charge is 0.303 e. The van der Waals surface area contributed by atoms with Gasteiger partial charge in [-0.2, -0.15) is 0 Å². The highest BCUT2D eigenvalue weighted by Crippen LogP contribution is 2.36. The topological polar surface area (TPSA) is 73.6 Å². The highest BCUT2D eigenvalue weighted by atomic mass is 32.2. The monoisotopic (exact) mass is 536 g/mol. The molecule has 3 aromatic rings. The van der Waals surface area contributed by atoms with E-state index in [2.05, 4.69) is 59.2 Å². The van der Waals surface area contributed by atoms with E-state index < -0.39 is 5.97 Å². The zero-order valence-corrected chi connectivity index (χ0v) is 23.0. The largest absolute Gasteiger partial charge is 0.481 e. The molecule has 1 aromatic heterocycles. The number of imidazole rings is 1. The van der Waals surface area contributed by atoms with Crippen molar-refractivity contribution in [1.82, 2.24) is 9.55 Å². The molecule has 0 aliphatic carbocycles. The molecular formula is C31H40N2O4S. The van der Waals surface area contributed by atoms with Crippen molar-refractivity contribution in [2.24, 2.45) is 0 Å². The summed E-state index contributed by atoms with van der Waals surface area (Å²) in [7, 11) is 0. The van der Waals surface area contributed by atoms with Crippen LogP contribution in [-0.2, 0) is 20.8 Å². The van der Waals surface area contributed by atoms with Crippen LogP contribution in [0.5, 0.6) is 0 Å². The van der Waals surface area contributed by atoms with Gasteiger partial charge >= 0.3 is 5.97 Å². The minimum Gasteiger partial charge on any atom is -0.481 e. The lowest BCUT2D eigenvalue weighted by molar-refractivity contribution is -0.137. The van der Waals surface area contributed by atoms with Gasteiger partial charge in [-0.3, -0.25) is 4.79 Å². The van der Waals surface area contributed by atoms with E-state index in [1.54, 1.807) is 0 Å². The van der Waals surface area contributed by atoms with E-state index in [9.17, 15) is 4.79 Å². The van der Waals surface area contributed by atoms with Crippen LogP contribution in [0.3, 0.4) is 0 Å². The number of aliphatic carboxylic acids is 1. The minimum absolute atomic E-state index is 0.00691. The van der Waals surface area contributed by atoms with Crippen LogP contribution < -0.4 is 0 Å². The fourth-order valence-electron chi connectivity index (χ4n) is 4.84. The lowest BCUT2D eigenvalue weighted by Gasteiger charge is -2.13. The summed E-state index contributed by atoms with van der Waals surface area (Å²) in [4.78, 5) is 16.0. The van der Waals surface area contributed by atoms with E-state index in [-0.39, 0.29) is 12.7 Å². The van der Waals surface area contributed by atoms with Crippen LogP contribution in [0.2, 0.25) is 0 Å². The van der Waals surface area contributed by atoms with Crippen LogP contribution in [0.4, 0.5) is 0 Å². The summed E-state index contributed by atoms with van der Waals surface area (Å²) in [6, 6.07) is 21.1. The predicted octanol–water partition coefficient (Wildman–Crippen LogP) is 7.67. The number of unbranched alkanes of at least 4 members (excludes halogenated alkanes) is 6. The van der Waals surface area contributed by atoms with E-state index in [1.807, 2.05) is 17.8 Å². The average Bonchev–Trinajstić information content (AvgIpc) is 3.59. The second kappa shape index (κ2) is 15.7. The molecule has 0 spiro atoms. The van der Waals surface area contributed by atoms with Crippen molar-refractivity contribution >= 4 is 17.7 Å². The minimum atomic E-state index is -0.703. The highest BCUT2D eigenvalue weighted by molar-refractivity contribution is 7.99. The van der Waals surface area contributed by atoms with Gasteiger partial charge in [0.1, 0.15) is 0 Å². The molecule has 1 aliphatic rings. The van der Waals surface area contributed by atoms with Crippen molar-refractivity contribution in [3.05, 3.63) is 60.7 Å². The van der Waals surface area contributed by atoms with E-state index in [0.717, 1.165) is 99.7 Å². The number of rotatable bonds is 17. The Morgan fingerprint density at radius 3 is 2.18 bits per heavy atom. The third-order valence-electron chi connectivity index (χ3n) is 6.81. The first-order valence-corrected chi connectivity index (χ1v) is 15.0. The summed E-state index contributed by atoms with van der Waals surface area (Å²) in [6.07, 6.45) is 9.56. The van der Waals surface area contributed by atoms with E-state index >= 15 is 0 Å². The summed E-state index contributed by atoms with van der Waals surface area (Å²) >= 11 is 1.85. The molecule has 38 heavy (non-hydrogen) atoms. The summed E-state index contributed by atoms with van der Waals surface area (Å²) < 4.78 is 13.5. The summed E-state index contributed by atoms with van der Waals surface area (Å²) in [5.41, 5.74) is 4.54. The van der Waals surface area contributed by atoms with Crippen molar-refractivity contribution in [1.29, 1.82) is 0 Å². The maximum absolute atomic E-state index is 10.8. The number of hydrogen-bond donors (Lipinski definition) is 1. The maximum Gasteiger partial charge on any atom is 0.303 e. The molecule has 7 heteroatoms. The number of thioether (sulfide) groups is 1. The molecule has 0 radical (unpaired) electrons. The lowest BCUT2D eigenvalue weighted by atomic mass is 10.0. The molecule has 1 aliphatic heterocycles. The van der Waals surface area contributed by atoms with E-state index in [1.165, 1.54) is 11.3 Å². The second-order valence-corrected chi connectivity index (χ2v) is 10.8. The van der Waals surface area contributed by atoms with Crippen LogP contribution >= 0.6 is 11.8 Å². The normalized spacial score (nSPS) is 13.8. The quantitative estimate of drug-likeness (QED) is 0.141. The van der Waals surface area contributed by atoms with Gasteiger partial charge in [-0.1, -0.05) is 98.1 Å². The van der Waals surface area contributed by atoms with Crippen molar-refractivity contribution in [2.75, 3.05) is 19.0 Å². The first-order chi connectivity index (χ1) is 18.7. The molecule has 0 amide bonds. The second-order valence-electron chi connectivity index (χ2n) is 9.76. The maximum atomic E-state index is 10.8. The molecule has 1 fully saturated rings. The van der Waals surface area contributed by atoms with Gasteiger partial charge < -0.3 is 19.1 Å². The zero-order valence-electron chi connectivity index (χ0n) is 22.2. The van der Waals surface area contributed by atoms with E-state index in [4.69, 9.17) is 19.6 Å². The number of benzene rings is 2. The standard InChI is InChI=1S/C31H40N2O4S/c34-27(35)19-11-2-1-3-13-21-33-30(26-17-9-5-10-18-26)29(25-15-7-4-8-16-25)32-31(33)38-24-14-6-12-20-28-36-22-23-37-28/h4-5,7-10,15-18,28H,1-3,6,11-14,19-24H2,(H,34,35). The number of ether oxygens (including phenoxy) is 2. The number of aromatic nitrogens is 2. The zero-order chi connectivity index (χ0) is 26.4. The number of nitrogens with zero attached hydrogens (tertiary/aromatic N) is 2. The number of carboxylic acid groups (broad SMARTS) is 1. The SMILES string of the molecule is O=C(O)CCCCCCCn1c(SCCCCCC2OCCO2)nc(-c2ccccc2)c1-c1ccccc1. The van der Waals surface area contributed by atoms with Gasteiger partial charge in [0, 0.05) is 29.8 Å². The van der Waals surface area contributed by atoms with Crippen LogP contribution in [-0.4, -0.2) is 45.9 Å². The molecule has 2 heterocycles. The molecule has 4 rings (SSSR count). The van der Waals surface area contributed by atoms with Crippen molar-refractivity contribution in [2.45, 2.75) is 82.2 Å². The highest BCUT2D eigenvalue weighted by Gasteiger charge is 2.20. The third kappa shape index (κ3) is 8.72. The lowest BCUT2D eigenvalue weighted by Crippen LogP contribution is -2.06. The van der Waals surface area contributed by atoms with Crippen LogP contribution in [0.1, 0.15) is 64.2 Å². The summed E-state index contributed by atoms with van der Waals surface area (Å²) in [6.45, 7) is 2.35. The van der Waals surface area contributed by atoms with Gasteiger partial charge in [-0.15, -0.1) is 0 Å². The van der Waals surface area contributed by atoms with E-state index in [0.29, 0.717) is 0 Å². The van der Waals surface area contributed by atoms with Crippen molar-refractivity contribution < 1.29 is 19.4 Å². The first kappa shape index (κ1) is 28.4. The molecule has 0 saturated carbocycles. The van der Waals surface area contributed by atoms with Gasteiger partial charge in [0.15, 0.2) is 11.4 Å². The molecule has 6 nitrogen and oxygen atoms in total. The molecule has 1 N–H and O–H groups in total. The summed E-state index contributed by atoms with van der Waals surface area (Å²) in [5.74, 6) is 0.326. The molecule has 2 aromatic carbocycles. The Morgan fingerprint density at radius 2 is 1.47 bits per heavy atom. The Labute approximate surface area is 230 Å². The molecule has 0 atom stereocenters. The van der Waals surface area contributed by atoms with Gasteiger partial charge in [0.2, 0.25) is 0 Å². The number of carboxylic acids is 1. The van der Waals surface area contributed by atoms with Gasteiger partial charge in [-0.05, 0) is 32.1 Å². The van der Waals surface area contributed by atoms with Gasteiger partial charge in [0.25, 0.3) is 0 Å². The third-order valence-corrected chi connectivity index (χ3v) is 7.87. The molecule has 1 saturated heterocycles. The van der Waals surface area contributed by atoms with Crippen LogP contribution in [0.15, 0.2) is 65.8 Å². The molecule has 204 valence electrons.